The topological polar surface area (TPSA) is 40.9 Å². The summed E-state index contributed by atoms with van der Waals surface area (Å²) in [7, 11) is -1.00. The van der Waals surface area contributed by atoms with Crippen molar-refractivity contribution in [3.63, 3.8) is 0 Å². The highest BCUT2D eigenvalue weighted by Crippen LogP contribution is 2.49. The van der Waals surface area contributed by atoms with E-state index in [0.29, 0.717) is 12.2 Å². The zero-order valence-corrected chi connectivity index (χ0v) is 11.2. The summed E-state index contributed by atoms with van der Waals surface area (Å²) in [6, 6.07) is 9.77. The van der Waals surface area contributed by atoms with Crippen LogP contribution in [0, 0.1) is 16.7 Å². The first-order valence-corrected chi connectivity index (χ1v) is 7.28. The van der Waals surface area contributed by atoms with E-state index in [4.69, 9.17) is 5.26 Å². The van der Waals surface area contributed by atoms with Crippen LogP contribution in [0.4, 0.5) is 0 Å². The van der Waals surface area contributed by atoms with Crippen molar-refractivity contribution in [1.29, 1.82) is 5.26 Å². The van der Waals surface area contributed by atoms with E-state index in [-0.39, 0.29) is 5.41 Å². The lowest BCUT2D eigenvalue weighted by atomic mass is 10.1. The van der Waals surface area contributed by atoms with Gasteiger partial charge < -0.3 is 0 Å². The quantitative estimate of drug-likeness (QED) is 0.856. The Morgan fingerprint density at radius 2 is 2.12 bits per heavy atom. The third kappa shape index (κ3) is 2.53. The van der Waals surface area contributed by atoms with Crippen molar-refractivity contribution >= 4 is 26.7 Å². The van der Waals surface area contributed by atoms with Gasteiger partial charge in [0.05, 0.1) is 21.8 Å². The van der Waals surface area contributed by atoms with Crippen LogP contribution in [0.25, 0.3) is 0 Å². The molecule has 1 aliphatic rings. The van der Waals surface area contributed by atoms with Gasteiger partial charge in [0.2, 0.25) is 0 Å². The smallest absolute Gasteiger partial charge is 0.0627 e. The van der Waals surface area contributed by atoms with Crippen LogP contribution in [0.2, 0.25) is 0 Å². The Bertz CT molecular complexity index is 462. The number of hydrogen-bond acceptors (Lipinski definition) is 2. The molecule has 2 nitrogen and oxygen atoms in total. The SMILES string of the molecule is N#CCC1(CS(=O)c2ccccc2Br)CC1. The Hall–Kier alpha value is -0.660. The van der Waals surface area contributed by atoms with E-state index in [1.807, 2.05) is 24.3 Å². The molecular weight excluding hydrogens is 286 g/mol. The summed E-state index contributed by atoms with van der Waals surface area (Å²) >= 11 is 3.41. The van der Waals surface area contributed by atoms with E-state index in [0.717, 1.165) is 22.2 Å². The minimum absolute atomic E-state index is 0.0366. The highest BCUT2D eigenvalue weighted by Gasteiger charge is 2.44. The third-order valence-corrected chi connectivity index (χ3v) is 5.61. The van der Waals surface area contributed by atoms with E-state index in [2.05, 4.69) is 22.0 Å². The van der Waals surface area contributed by atoms with Gasteiger partial charge in [-0.15, -0.1) is 0 Å². The van der Waals surface area contributed by atoms with Gasteiger partial charge in [-0.1, -0.05) is 12.1 Å². The first kappa shape index (κ1) is 11.8. The summed E-state index contributed by atoms with van der Waals surface area (Å²) in [5.41, 5.74) is 0.0366. The largest absolute Gasteiger partial charge is 0.254 e. The van der Waals surface area contributed by atoms with Gasteiger partial charge in [0.25, 0.3) is 0 Å². The number of nitriles is 1. The average molecular weight is 298 g/mol. The van der Waals surface area contributed by atoms with Gasteiger partial charge in [-0.3, -0.25) is 4.21 Å². The summed E-state index contributed by atoms with van der Waals surface area (Å²) in [4.78, 5) is 0.840. The molecular formula is C12H12BrNOS. The normalized spacial score (nSPS) is 18.8. The molecule has 0 saturated heterocycles. The van der Waals surface area contributed by atoms with Crippen molar-refractivity contribution in [2.45, 2.75) is 24.2 Å². The highest BCUT2D eigenvalue weighted by atomic mass is 79.9. The fourth-order valence-electron chi connectivity index (χ4n) is 1.70. The second kappa shape index (κ2) is 4.68. The molecule has 0 heterocycles. The molecule has 0 aromatic heterocycles. The first-order chi connectivity index (χ1) is 7.67. The summed E-state index contributed by atoms with van der Waals surface area (Å²) in [5, 5.41) is 8.72. The molecule has 84 valence electrons. The lowest BCUT2D eigenvalue weighted by molar-refractivity contribution is 0.587. The fourth-order valence-corrected chi connectivity index (χ4v) is 4.15. The molecule has 0 amide bonds. The van der Waals surface area contributed by atoms with Crippen molar-refractivity contribution in [3.8, 4) is 6.07 Å². The molecule has 16 heavy (non-hydrogen) atoms. The fraction of sp³-hybridized carbons (Fsp3) is 0.417. The lowest BCUT2D eigenvalue weighted by Crippen LogP contribution is -2.12. The number of nitrogens with zero attached hydrogens (tertiary/aromatic N) is 1. The molecule has 1 aromatic rings. The zero-order chi connectivity index (χ0) is 11.6. The summed E-state index contributed by atoms with van der Waals surface area (Å²) in [5.74, 6) is 0.614. The molecule has 2 rings (SSSR count). The summed E-state index contributed by atoms with van der Waals surface area (Å²) in [6.45, 7) is 0. The number of benzene rings is 1. The van der Waals surface area contributed by atoms with E-state index < -0.39 is 10.8 Å². The van der Waals surface area contributed by atoms with Crippen LogP contribution in [-0.2, 0) is 10.8 Å². The lowest BCUT2D eigenvalue weighted by Gasteiger charge is -2.11. The van der Waals surface area contributed by atoms with Gasteiger partial charge in [0.15, 0.2) is 0 Å². The molecule has 0 spiro atoms. The van der Waals surface area contributed by atoms with Crippen LogP contribution in [-0.4, -0.2) is 9.96 Å². The molecule has 0 aliphatic heterocycles. The zero-order valence-electron chi connectivity index (χ0n) is 8.78. The van der Waals surface area contributed by atoms with Crippen LogP contribution in [0.15, 0.2) is 33.6 Å². The Morgan fingerprint density at radius 1 is 1.44 bits per heavy atom. The molecule has 1 aliphatic carbocycles. The van der Waals surface area contributed by atoms with Crippen molar-refractivity contribution in [2.24, 2.45) is 5.41 Å². The van der Waals surface area contributed by atoms with Gasteiger partial charge in [-0.25, -0.2) is 0 Å². The molecule has 1 atom stereocenters. The van der Waals surface area contributed by atoms with Crippen molar-refractivity contribution in [3.05, 3.63) is 28.7 Å². The maximum absolute atomic E-state index is 12.2. The third-order valence-electron chi connectivity index (χ3n) is 2.93. The van der Waals surface area contributed by atoms with E-state index in [1.54, 1.807) is 0 Å². The van der Waals surface area contributed by atoms with Gasteiger partial charge in [-0.2, -0.15) is 5.26 Å². The standard InChI is InChI=1S/C12H12BrNOS/c13-10-3-1-2-4-11(10)16(15)9-12(5-6-12)7-8-14/h1-4H,5-7,9H2. The second-order valence-electron chi connectivity index (χ2n) is 4.26. The molecule has 1 fully saturated rings. The number of halogens is 1. The van der Waals surface area contributed by atoms with Crippen molar-refractivity contribution < 1.29 is 4.21 Å². The van der Waals surface area contributed by atoms with Gasteiger partial charge in [0.1, 0.15) is 0 Å². The van der Waals surface area contributed by atoms with Crippen LogP contribution in [0.3, 0.4) is 0 Å². The Labute approximate surface area is 106 Å². The van der Waals surface area contributed by atoms with Crippen LogP contribution in [0.5, 0.6) is 0 Å². The molecule has 0 N–H and O–H groups in total. The molecule has 0 radical (unpaired) electrons. The van der Waals surface area contributed by atoms with Gasteiger partial charge in [0, 0.05) is 16.6 Å². The molecule has 4 heteroatoms. The first-order valence-electron chi connectivity index (χ1n) is 5.17. The minimum Gasteiger partial charge on any atom is -0.254 e. The Morgan fingerprint density at radius 3 is 2.69 bits per heavy atom. The minimum atomic E-state index is -1.00. The van der Waals surface area contributed by atoms with E-state index in [1.165, 1.54) is 0 Å². The Kier molecular flexibility index (Phi) is 3.46. The molecule has 1 aromatic carbocycles. The van der Waals surface area contributed by atoms with E-state index >= 15 is 0 Å². The monoisotopic (exact) mass is 297 g/mol. The van der Waals surface area contributed by atoms with Crippen LogP contribution in [0.1, 0.15) is 19.3 Å². The molecule has 1 saturated carbocycles. The summed E-state index contributed by atoms with van der Waals surface area (Å²) < 4.78 is 13.1. The predicted octanol–water partition coefficient (Wildman–Crippen LogP) is 3.25. The van der Waals surface area contributed by atoms with Crippen molar-refractivity contribution in [1.82, 2.24) is 0 Å². The van der Waals surface area contributed by atoms with Crippen LogP contribution < -0.4 is 0 Å². The number of rotatable bonds is 4. The van der Waals surface area contributed by atoms with Gasteiger partial charge in [-0.05, 0) is 46.3 Å². The maximum Gasteiger partial charge on any atom is 0.0627 e. The number of hydrogen-bond donors (Lipinski definition) is 0. The predicted molar refractivity (Wildman–Crippen MR) is 67.3 cm³/mol. The second-order valence-corrected chi connectivity index (χ2v) is 6.53. The van der Waals surface area contributed by atoms with Crippen LogP contribution >= 0.6 is 15.9 Å². The van der Waals surface area contributed by atoms with E-state index in [9.17, 15) is 4.21 Å². The highest BCUT2D eigenvalue weighted by molar-refractivity contribution is 9.10. The average Bonchev–Trinajstić information content (AvgIpc) is 2.99. The maximum atomic E-state index is 12.2. The molecule has 0 bridgehead atoms. The van der Waals surface area contributed by atoms with Crippen molar-refractivity contribution in [2.75, 3.05) is 5.75 Å². The Balaban J connectivity index is 2.10. The molecule has 1 unspecified atom stereocenters. The van der Waals surface area contributed by atoms with Gasteiger partial charge >= 0.3 is 0 Å². The summed E-state index contributed by atoms with van der Waals surface area (Å²) in [6.07, 6.45) is 2.61.